The second-order valence-electron chi connectivity index (χ2n) is 9.23. The van der Waals surface area contributed by atoms with E-state index in [4.69, 9.17) is 0 Å². The quantitative estimate of drug-likeness (QED) is 0.368. The predicted octanol–water partition coefficient (Wildman–Crippen LogP) is 4.76. The van der Waals surface area contributed by atoms with Gasteiger partial charge in [0, 0.05) is 72.2 Å². The molecule has 1 fully saturated rings. The number of aryl methyl sites for hydroxylation is 1. The highest BCUT2D eigenvalue weighted by Crippen LogP contribution is 2.24. The molecule has 0 spiro atoms. The lowest BCUT2D eigenvalue weighted by atomic mass is 10.0. The Kier molecular flexibility index (Phi) is 7.80. The Morgan fingerprint density at radius 3 is 2.68 bits per heavy atom. The highest BCUT2D eigenvalue weighted by atomic mass is 15.3. The second kappa shape index (κ2) is 11.2. The first kappa shape index (κ1) is 23.8. The Balaban J connectivity index is 0.00000342. The molecule has 0 aliphatic carbocycles. The Hall–Kier alpha value is -3.38. The van der Waals surface area contributed by atoms with Crippen LogP contribution in [-0.4, -0.2) is 73.6 Å². The summed E-state index contributed by atoms with van der Waals surface area (Å²) >= 11 is 0. The maximum Gasteiger partial charge on any atom is 0.128 e. The number of nitrogens with one attached hydrogen (secondary N) is 1. The normalized spacial score (nSPS) is 14.9. The van der Waals surface area contributed by atoms with Crippen LogP contribution in [0, 0.1) is 0 Å². The summed E-state index contributed by atoms with van der Waals surface area (Å²) in [6, 6.07) is 13.0. The number of piperazine rings is 1. The van der Waals surface area contributed by atoms with Gasteiger partial charge in [-0.15, -0.1) is 0 Å². The predicted molar refractivity (Wildman–Crippen MR) is 146 cm³/mol. The minimum Gasteiger partial charge on any atom is -0.383 e. The maximum atomic E-state index is 4.60. The van der Waals surface area contributed by atoms with Crippen LogP contribution in [0.3, 0.4) is 0 Å². The number of allylic oxidation sites excluding steroid dienone is 2. The van der Waals surface area contributed by atoms with Gasteiger partial charge in [0.25, 0.3) is 0 Å². The highest BCUT2D eigenvalue weighted by Gasteiger charge is 2.15. The standard InChI is InChI=1S/C28H36N6.H2/c1-5-23(21-32(2)3)24-8-9-25-20-31-27(19-26(25)18-24)29-11-6-7-22-10-12-30-28(17-22)34-15-13-33(4)14-16-34;/h5,8-10,12,17-21H,1,6-7,11,13-16H2,2-4H3,(H,29,31);1H/b23-21+;. The second-order valence-corrected chi connectivity index (χ2v) is 9.23. The van der Waals surface area contributed by atoms with Crippen LogP contribution >= 0.6 is 0 Å². The Morgan fingerprint density at radius 2 is 1.91 bits per heavy atom. The maximum absolute atomic E-state index is 4.60. The van der Waals surface area contributed by atoms with E-state index in [1.165, 1.54) is 10.9 Å². The monoisotopic (exact) mass is 458 g/mol. The topological polar surface area (TPSA) is 47.5 Å². The number of hydrogen-bond acceptors (Lipinski definition) is 6. The smallest absolute Gasteiger partial charge is 0.128 e. The number of nitrogens with zero attached hydrogens (tertiary/aromatic N) is 5. The van der Waals surface area contributed by atoms with Crippen LogP contribution in [0.5, 0.6) is 0 Å². The van der Waals surface area contributed by atoms with Crippen molar-refractivity contribution in [2.75, 3.05) is 64.1 Å². The van der Waals surface area contributed by atoms with Crippen LogP contribution in [0.1, 0.15) is 19.0 Å². The molecule has 4 rings (SSSR count). The van der Waals surface area contributed by atoms with E-state index in [1.807, 2.05) is 37.5 Å². The van der Waals surface area contributed by atoms with E-state index in [-0.39, 0.29) is 1.43 Å². The molecular formula is C28H38N6. The van der Waals surface area contributed by atoms with Gasteiger partial charge in [0.15, 0.2) is 0 Å². The molecule has 2 aromatic heterocycles. The van der Waals surface area contributed by atoms with Crippen molar-refractivity contribution in [3.8, 4) is 0 Å². The van der Waals surface area contributed by atoms with Crippen molar-refractivity contribution < 1.29 is 1.43 Å². The number of anilines is 2. The van der Waals surface area contributed by atoms with Gasteiger partial charge in [0.2, 0.25) is 0 Å². The zero-order valence-corrected chi connectivity index (χ0v) is 20.7. The molecule has 0 radical (unpaired) electrons. The highest BCUT2D eigenvalue weighted by molar-refractivity contribution is 5.88. The summed E-state index contributed by atoms with van der Waals surface area (Å²) in [7, 11) is 6.23. The van der Waals surface area contributed by atoms with Crippen molar-refractivity contribution in [2.45, 2.75) is 12.8 Å². The van der Waals surface area contributed by atoms with Crippen LogP contribution in [0.2, 0.25) is 0 Å². The van der Waals surface area contributed by atoms with Crippen molar-refractivity contribution in [1.29, 1.82) is 0 Å². The first-order valence-electron chi connectivity index (χ1n) is 12.0. The fourth-order valence-electron chi connectivity index (χ4n) is 4.27. The van der Waals surface area contributed by atoms with Crippen LogP contribution in [-0.2, 0) is 6.42 Å². The SMILES string of the molecule is C=C/C(=C\N(C)C)c1ccc2cnc(NCCCc3ccnc(N4CCN(C)CC4)c3)cc2c1.[HH]. The third-order valence-corrected chi connectivity index (χ3v) is 6.26. The van der Waals surface area contributed by atoms with Gasteiger partial charge in [-0.2, -0.15) is 0 Å². The average molecular weight is 459 g/mol. The molecule has 1 N–H and O–H groups in total. The van der Waals surface area contributed by atoms with E-state index in [2.05, 4.69) is 81.3 Å². The number of likely N-dealkylation sites (N-methyl/N-ethyl adjacent to an activating group) is 1. The molecule has 0 unspecified atom stereocenters. The molecule has 1 aliphatic heterocycles. The molecule has 0 bridgehead atoms. The summed E-state index contributed by atoms with van der Waals surface area (Å²) in [6.45, 7) is 9.13. The molecule has 1 aromatic carbocycles. The minimum absolute atomic E-state index is 0. The number of rotatable bonds is 9. The van der Waals surface area contributed by atoms with E-state index in [9.17, 15) is 0 Å². The molecule has 6 heteroatoms. The average Bonchev–Trinajstić information content (AvgIpc) is 2.85. The lowest BCUT2D eigenvalue weighted by Gasteiger charge is -2.33. The fraction of sp³-hybridized carbons (Fsp3) is 0.357. The first-order valence-corrected chi connectivity index (χ1v) is 12.0. The van der Waals surface area contributed by atoms with Gasteiger partial charge >= 0.3 is 0 Å². The van der Waals surface area contributed by atoms with E-state index >= 15 is 0 Å². The Labute approximate surface area is 205 Å². The third-order valence-electron chi connectivity index (χ3n) is 6.26. The molecule has 0 atom stereocenters. The van der Waals surface area contributed by atoms with Gasteiger partial charge < -0.3 is 20.0 Å². The number of aromatic nitrogens is 2. The summed E-state index contributed by atoms with van der Waals surface area (Å²) < 4.78 is 0. The first-order chi connectivity index (χ1) is 16.5. The molecule has 0 amide bonds. The molecular weight excluding hydrogens is 420 g/mol. The summed E-state index contributed by atoms with van der Waals surface area (Å²) in [6.07, 6.45) is 9.93. The number of benzene rings is 1. The van der Waals surface area contributed by atoms with Crippen LogP contribution < -0.4 is 10.2 Å². The van der Waals surface area contributed by atoms with Crippen molar-refractivity contribution >= 4 is 28.0 Å². The van der Waals surface area contributed by atoms with Crippen LogP contribution in [0.4, 0.5) is 11.6 Å². The molecule has 1 aliphatic rings. The molecule has 6 nitrogen and oxygen atoms in total. The minimum atomic E-state index is 0. The van der Waals surface area contributed by atoms with E-state index in [1.54, 1.807) is 0 Å². The number of hydrogen-bond donors (Lipinski definition) is 1. The van der Waals surface area contributed by atoms with Gasteiger partial charge in [-0.1, -0.05) is 24.8 Å². The Morgan fingerprint density at radius 1 is 1.09 bits per heavy atom. The molecule has 34 heavy (non-hydrogen) atoms. The van der Waals surface area contributed by atoms with Gasteiger partial charge in [0.1, 0.15) is 11.6 Å². The van der Waals surface area contributed by atoms with Crippen LogP contribution in [0.15, 0.2) is 67.6 Å². The zero-order chi connectivity index (χ0) is 23.9. The fourth-order valence-corrected chi connectivity index (χ4v) is 4.27. The van der Waals surface area contributed by atoms with Crippen molar-refractivity contribution in [3.63, 3.8) is 0 Å². The zero-order valence-electron chi connectivity index (χ0n) is 20.7. The van der Waals surface area contributed by atoms with Crippen LogP contribution in [0.25, 0.3) is 16.3 Å². The van der Waals surface area contributed by atoms with Crippen molar-refractivity contribution in [3.05, 3.63) is 78.8 Å². The summed E-state index contributed by atoms with van der Waals surface area (Å²) in [5.74, 6) is 2.02. The van der Waals surface area contributed by atoms with Gasteiger partial charge in [0.05, 0.1) is 0 Å². The van der Waals surface area contributed by atoms with E-state index in [0.717, 1.165) is 73.7 Å². The molecule has 3 aromatic rings. The summed E-state index contributed by atoms with van der Waals surface area (Å²) in [5.41, 5.74) is 3.60. The molecule has 1 saturated heterocycles. The molecule has 0 saturated carbocycles. The number of pyridine rings is 2. The van der Waals surface area contributed by atoms with Crippen molar-refractivity contribution in [2.24, 2.45) is 0 Å². The lowest BCUT2D eigenvalue weighted by Crippen LogP contribution is -2.44. The summed E-state index contributed by atoms with van der Waals surface area (Å²) in [5, 5.41) is 5.81. The molecule has 180 valence electrons. The van der Waals surface area contributed by atoms with E-state index in [0.29, 0.717) is 0 Å². The van der Waals surface area contributed by atoms with Gasteiger partial charge in [-0.25, -0.2) is 9.97 Å². The van der Waals surface area contributed by atoms with Gasteiger partial charge in [-0.3, -0.25) is 0 Å². The summed E-state index contributed by atoms with van der Waals surface area (Å²) in [4.78, 5) is 16.0. The van der Waals surface area contributed by atoms with Crippen molar-refractivity contribution in [1.82, 2.24) is 19.8 Å². The third kappa shape index (κ3) is 6.14. The van der Waals surface area contributed by atoms with E-state index < -0.39 is 0 Å². The Bertz CT molecular complexity index is 1150. The lowest BCUT2D eigenvalue weighted by molar-refractivity contribution is 0.312. The molecule has 3 heterocycles. The number of fused-ring (bicyclic) bond motifs is 1. The van der Waals surface area contributed by atoms with Gasteiger partial charge in [-0.05, 0) is 66.2 Å². The largest absolute Gasteiger partial charge is 0.383 e.